The molecule has 0 amide bonds. The van der Waals surface area contributed by atoms with Crippen molar-refractivity contribution in [2.45, 2.75) is 0 Å². The van der Waals surface area contributed by atoms with Crippen molar-refractivity contribution in [1.82, 2.24) is 15.0 Å². The molecule has 2 heterocycles. The van der Waals surface area contributed by atoms with Crippen LogP contribution in [0.3, 0.4) is 0 Å². The van der Waals surface area contributed by atoms with E-state index in [1.165, 1.54) is 6.33 Å². The normalized spacial score (nSPS) is 12.9. The van der Waals surface area contributed by atoms with Gasteiger partial charge in [-0.15, -0.1) is 0 Å². The standard InChI is InChI=1S/C5H4N4/c1-4-5(8-2-6-1)9-3-7-4/h1-3,7H/q+1. The topological polar surface area (TPSA) is 51.9 Å². The molecule has 1 N–H and O–H groups in total. The number of hydrogen-bond acceptors (Lipinski definition) is 4. The zero-order valence-corrected chi connectivity index (χ0v) is 4.57. The third kappa shape index (κ3) is 0.561. The first-order chi connectivity index (χ1) is 4.47. The minimum absolute atomic E-state index is 0.713. The van der Waals surface area contributed by atoms with E-state index in [9.17, 15) is 0 Å². The average Bonchev–Trinajstić information content (AvgIpc) is 2.33. The molecule has 1 aliphatic heterocycles. The maximum atomic E-state index is 3.91. The number of fused-ring (bicyclic) bond motifs is 1. The molecule has 0 bridgehead atoms. The zero-order valence-electron chi connectivity index (χ0n) is 4.57. The molecule has 0 saturated carbocycles. The van der Waals surface area contributed by atoms with Gasteiger partial charge in [-0.05, 0) is 0 Å². The molecular weight excluding hydrogens is 116 g/mol. The van der Waals surface area contributed by atoms with Gasteiger partial charge in [-0.25, -0.2) is 4.98 Å². The van der Waals surface area contributed by atoms with Crippen molar-refractivity contribution < 1.29 is 0 Å². The van der Waals surface area contributed by atoms with Crippen LogP contribution >= 0.6 is 0 Å². The van der Waals surface area contributed by atoms with Gasteiger partial charge in [-0.1, -0.05) is 9.98 Å². The highest BCUT2D eigenvalue weighted by atomic mass is 15.1. The Morgan fingerprint density at radius 3 is 3.44 bits per heavy atom. The van der Waals surface area contributed by atoms with E-state index in [1.54, 1.807) is 12.5 Å². The Morgan fingerprint density at radius 1 is 1.56 bits per heavy atom. The van der Waals surface area contributed by atoms with Crippen LogP contribution in [0.4, 0.5) is 11.5 Å². The fraction of sp³-hybridized carbons (Fsp3) is 0. The molecular formula is C5H4N4+. The molecule has 9 heavy (non-hydrogen) atoms. The summed E-state index contributed by atoms with van der Waals surface area (Å²) < 4.78 is 0. The summed E-state index contributed by atoms with van der Waals surface area (Å²) in [5, 5.41) is 2.88. The van der Waals surface area contributed by atoms with Crippen molar-refractivity contribution >= 4 is 17.8 Å². The lowest BCUT2D eigenvalue weighted by Gasteiger charge is -1.81. The van der Waals surface area contributed by atoms with Crippen LogP contribution in [0.15, 0.2) is 12.5 Å². The van der Waals surface area contributed by atoms with Gasteiger partial charge in [-0.2, -0.15) is 0 Å². The van der Waals surface area contributed by atoms with Gasteiger partial charge in [0, 0.05) is 0 Å². The highest BCUT2D eigenvalue weighted by Gasteiger charge is 2.14. The number of nitrogens with one attached hydrogen (secondary N) is 1. The van der Waals surface area contributed by atoms with Crippen LogP contribution in [-0.4, -0.2) is 16.3 Å². The lowest BCUT2D eigenvalue weighted by atomic mass is 10.5. The van der Waals surface area contributed by atoms with Gasteiger partial charge >= 0.3 is 5.82 Å². The summed E-state index contributed by atoms with van der Waals surface area (Å²) in [6, 6.07) is 0. The maximum absolute atomic E-state index is 3.91. The van der Waals surface area contributed by atoms with Gasteiger partial charge in [0.2, 0.25) is 6.34 Å². The first kappa shape index (κ1) is 4.43. The maximum Gasteiger partial charge on any atom is 0.339 e. The molecule has 4 nitrogen and oxygen atoms in total. The smallest absolute Gasteiger partial charge is 0.270 e. The number of aromatic nitrogens is 2. The Hall–Kier alpha value is -1.45. The highest BCUT2D eigenvalue weighted by molar-refractivity contribution is 5.86. The van der Waals surface area contributed by atoms with Crippen molar-refractivity contribution in [1.29, 1.82) is 0 Å². The quantitative estimate of drug-likeness (QED) is 0.520. The van der Waals surface area contributed by atoms with Crippen LogP contribution in [-0.2, 0) is 0 Å². The summed E-state index contributed by atoms with van der Waals surface area (Å²) in [5.41, 5.74) is 0.873. The summed E-state index contributed by atoms with van der Waals surface area (Å²) in [6.45, 7) is 0. The Balaban J connectivity index is 2.63. The first-order valence-corrected chi connectivity index (χ1v) is 2.56. The van der Waals surface area contributed by atoms with Crippen LogP contribution in [0.5, 0.6) is 0 Å². The number of hydrogen-bond donors (Lipinski definition) is 1. The Kier molecular flexibility index (Phi) is 0.745. The summed E-state index contributed by atoms with van der Waals surface area (Å²) >= 11 is 0. The summed E-state index contributed by atoms with van der Waals surface area (Å²) in [4.78, 5) is 11.6. The second kappa shape index (κ2) is 1.51. The molecule has 0 spiro atoms. The Morgan fingerprint density at radius 2 is 2.56 bits per heavy atom. The van der Waals surface area contributed by atoms with Crippen molar-refractivity contribution in [2.24, 2.45) is 0 Å². The third-order valence-electron chi connectivity index (χ3n) is 1.10. The lowest BCUT2D eigenvalue weighted by molar-refractivity contribution is 1.14. The number of aliphatic imine (C=N–C) groups is 1. The second-order valence-electron chi connectivity index (χ2n) is 1.66. The molecule has 0 aromatic carbocycles. The average molecular weight is 120 g/mol. The fourth-order valence-electron chi connectivity index (χ4n) is 0.691. The van der Waals surface area contributed by atoms with Gasteiger partial charge in [-0.3, -0.25) is 5.32 Å². The van der Waals surface area contributed by atoms with E-state index in [2.05, 4.69) is 20.3 Å². The first-order valence-electron chi connectivity index (χ1n) is 2.56. The minimum Gasteiger partial charge on any atom is -0.270 e. The summed E-state index contributed by atoms with van der Waals surface area (Å²) in [5.74, 6) is 0.713. The monoisotopic (exact) mass is 120 g/mol. The molecule has 0 saturated heterocycles. The van der Waals surface area contributed by atoms with E-state index in [0.29, 0.717) is 5.82 Å². The lowest BCUT2D eigenvalue weighted by Crippen LogP contribution is -1.87. The second-order valence-corrected chi connectivity index (χ2v) is 1.66. The molecule has 0 aliphatic carbocycles. The van der Waals surface area contributed by atoms with E-state index in [4.69, 9.17) is 0 Å². The van der Waals surface area contributed by atoms with Gasteiger partial charge in [0.05, 0.1) is 6.20 Å². The summed E-state index contributed by atoms with van der Waals surface area (Å²) in [7, 11) is 0. The third-order valence-corrected chi connectivity index (χ3v) is 1.10. The molecule has 0 unspecified atom stereocenters. The van der Waals surface area contributed by atoms with E-state index in [1.807, 2.05) is 0 Å². The molecule has 1 radical (unpaired) electrons. The van der Waals surface area contributed by atoms with Gasteiger partial charge in [0.1, 0.15) is 0 Å². The van der Waals surface area contributed by atoms with Crippen LogP contribution in [0.1, 0.15) is 0 Å². The molecule has 0 atom stereocenters. The summed E-state index contributed by atoms with van der Waals surface area (Å²) in [6.07, 6.45) is 4.76. The number of rotatable bonds is 0. The molecule has 4 heteroatoms. The Bertz CT molecular complexity index is 255. The van der Waals surface area contributed by atoms with Gasteiger partial charge in [0.25, 0.3) is 0 Å². The minimum atomic E-state index is 0.713. The largest absolute Gasteiger partial charge is 0.339 e. The predicted octanol–water partition coefficient (Wildman–Crippen LogP) is -0.102. The van der Waals surface area contributed by atoms with Crippen LogP contribution in [0, 0.1) is 0 Å². The van der Waals surface area contributed by atoms with Crippen LogP contribution in [0.2, 0.25) is 0 Å². The van der Waals surface area contributed by atoms with E-state index in [-0.39, 0.29) is 0 Å². The highest BCUT2D eigenvalue weighted by Crippen LogP contribution is 2.16. The molecule has 0 fully saturated rings. The number of anilines is 1. The van der Waals surface area contributed by atoms with E-state index >= 15 is 0 Å². The Labute approximate surface area is 51.7 Å². The van der Waals surface area contributed by atoms with Crippen molar-refractivity contribution in [3.8, 4) is 0 Å². The van der Waals surface area contributed by atoms with Crippen molar-refractivity contribution in [3.63, 3.8) is 0 Å². The fourth-order valence-corrected chi connectivity index (χ4v) is 0.691. The predicted molar refractivity (Wildman–Crippen MR) is 33.5 cm³/mol. The van der Waals surface area contributed by atoms with Gasteiger partial charge in [0.15, 0.2) is 12.0 Å². The van der Waals surface area contributed by atoms with Crippen LogP contribution < -0.4 is 10.3 Å². The van der Waals surface area contributed by atoms with E-state index in [0.717, 1.165) is 5.69 Å². The number of nitrogens with zero attached hydrogens (tertiary/aromatic N) is 3. The van der Waals surface area contributed by atoms with Crippen LogP contribution in [0.25, 0.3) is 0 Å². The van der Waals surface area contributed by atoms with Crippen molar-refractivity contribution in [2.75, 3.05) is 5.32 Å². The molecule has 43 valence electrons. The van der Waals surface area contributed by atoms with Gasteiger partial charge < -0.3 is 0 Å². The SMILES string of the molecule is C1=[N+]c2ncncc2N1. The van der Waals surface area contributed by atoms with Crippen molar-refractivity contribution in [3.05, 3.63) is 12.5 Å². The molecule has 1 aromatic rings. The molecule has 1 aliphatic rings. The zero-order chi connectivity index (χ0) is 6.10. The molecule has 1 aromatic heterocycles. The van der Waals surface area contributed by atoms with E-state index < -0.39 is 0 Å². The molecule has 2 rings (SSSR count).